The molecule has 0 aliphatic carbocycles. The minimum Gasteiger partial charge on any atom is -0.481 e. The lowest BCUT2D eigenvalue weighted by Gasteiger charge is -2.02. The van der Waals surface area contributed by atoms with Crippen LogP contribution in [0.4, 0.5) is 0 Å². The van der Waals surface area contributed by atoms with E-state index < -0.39 is 5.97 Å². The van der Waals surface area contributed by atoms with Crippen molar-refractivity contribution in [1.29, 1.82) is 0 Å². The average molecular weight is 441 g/mol. The van der Waals surface area contributed by atoms with Gasteiger partial charge < -0.3 is 5.11 Å². The van der Waals surface area contributed by atoms with Gasteiger partial charge in [0.05, 0.1) is 0 Å². The number of carboxylic acid groups (broad SMARTS) is 1. The van der Waals surface area contributed by atoms with Gasteiger partial charge in [0.1, 0.15) is 0 Å². The molecule has 0 heterocycles. The van der Waals surface area contributed by atoms with Crippen molar-refractivity contribution in [2.75, 3.05) is 0 Å². The Labute approximate surface area is 199 Å². The molecule has 2 heteroatoms. The standard InChI is InChI=1S/C30H48O2/c1-2-3-4-5-6-7-8-9-10-11-12-13-14-15-16-17-18-19-20-21-22-23-24-25-26-27-28-29-30(31)32/h2-9,16-29H2,1H3,(H,31,32). The van der Waals surface area contributed by atoms with Gasteiger partial charge in [-0.3, -0.25) is 4.79 Å². The van der Waals surface area contributed by atoms with Crippen molar-refractivity contribution >= 4 is 5.97 Å². The van der Waals surface area contributed by atoms with Gasteiger partial charge in [-0.1, -0.05) is 121 Å². The van der Waals surface area contributed by atoms with Crippen molar-refractivity contribution in [3.05, 3.63) is 0 Å². The van der Waals surface area contributed by atoms with Gasteiger partial charge in [0.2, 0.25) is 0 Å². The quantitative estimate of drug-likeness (QED) is 0.143. The lowest BCUT2D eigenvalue weighted by atomic mass is 10.0. The zero-order valence-electron chi connectivity index (χ0n) is 20.9. The SMILES string of the molecule is CCCCCCCCCC#CC#CC#CCCCCCCCCCCCCCCC(=O)O. The van der Waals surface area contributed by atoms with E-state index in [0.29, 0.717) is 6.42 Å². The molecule has 0 aliphatic heterocycles. The Bertz CT molecular complexity index is 600. The van der Waals surface area contributed by atoms with E-state index in [1.165, 1.54) is 109 Å². The first-order valence-corrected chi connectivity index (χ1v) is 13.4. The molecule has 2 nitrogen and oxygen atoms in total. The molecular weight excluding hydrogens is 392 g/mol. The molecule has 0 amide bonds. The molecule has 180 valence electrons. The van der Waals surface area contributed by atoms with Crippen LogP contribution in [0.1, 0.15) is 148 Å². The Kier molecular flexibility index (Phi) is 25.6. The molecule has 0 fully saturated rings. The molecule has 0 aromatic rings. The minimum atomic E-state index is -0.667. The predicted octanol–water partition coefficient (Wildman–Crippen LogP) is 8.68. The maximum atomic E-state index is 10.4. The smallest absolute Gasteiger partial charge is 0.303 e. The first-order chi connectivity index (χ1) is 15.8. The van der Waals surface area contributed by atoms with E-state index in [0.717, 1.165) is 25.7 Å². The summed E-state index contributed by atoms with van der Waals surface area (Å²) in [6, 6.07) is 0. The highest BCUT2D eigenvalue weighted by molar-refractivity contribution is 5.66. The van der Waals surface area contributed by atoms with Crippen LogP contribution >= 0.6 is 0 Å². The monoisotopic (exact) mass is 440 g/mol. The molecule has 32 heavy (non-hydrogen) atoms. The van der Waals surface area contributed by atoms with Gasteiger partial charge in [0, 0.05) is 19.3 Å². The summed E-state index contributed by atoms with van der Waals surface area (Å²) in [5.41, 5.74) is 0. The van der Waals surface area contributed by atoms with E-state index in [4.69, 9.17) is 5.11 Å². The number of carbonyl (C=O) groups is 1. The lowest BCUT2D eigenvalue weighted by molar-refractivity contribution is -0.137. The highest BCUT2D eigenvalue weighted by atomic mass is 16.4. The number of unbranched alkanes of at least 4 members (excludes halogenated alkanes) is 19. The number of rotatable bonds is 21. The van der Waals surface area contributed by atoms with Gasteiger partial charge >= 0.3 is 5.97 Å². The van der Waals surface area contributed by atoms with E-state index in [1.807, 2.05) is 0 Å². The van der Waals surface area contributed by atoms with Crippen LogP contribution in [0, 0.1) is 35.5 Å². The van der Waals surface area contributed by atoms with Crippen LogP contribution in [-0.2, 0) is 4.79 Å². The Balaban J connectivity index is 3.31. The molecule has 0 atom stereocenters. The first kappa shape index (κ1) is 30.1. The molecule has 0 aromatic heterocycles. The van der Waals surface area contributed by atoms with Crippen molar-refractivity contribution in [2.24, 2.45) is 0 Å². The van der Waals surface area contributed by atoms with Gasteiger partial charge in [0.15, 0.2) is 0 Å². The third-order valence-electron chi connectivity index (χ3n) is 5.71. The van der Waals surface area contributed by atoms with Crippen LogP contribution in [0.15, 0.2) is 0 Å². The normalized spacial score (nSPS) is 9.78. The number of aliphatic carboxylic acids is 1. The second-order valence-corrected chi connectivity index (χ2v) is 8.86. The largest absolute Gasteiger partial charge is 0.481 e. The fourth-order valence-electron chi connectivity index (χ4n) is 3.70. The Hall–Kier alpha value is -1.85. The zero-order valence-corrected chi connectivity index (χ0v) is 20.9. The van der Waals surface area contributed by atoms with Crippen molar-refractivity contribution in [3.63, 3.8) is 0 Å². The molecule has 0 radical (unpaired) electrons. The van der Waals surface area contributed by atoms with Crippen LogP contribution in [0.2, 0.25) is 0 Å². The third-order valence-corrected chi connectivity index (χ3v) is 5.71. The Morgan fingerprint density at radius 1 is 0.500 bits per heavy atom. The number of hydrogen-bond acceptors (Lipinski definition) is 1. The van der Waals surface area contributed by atoms with E-state index in [1.54, 1.807) is 0 Å². The molecule has 0 aromatic carbocycles. The maximum absolute atomic E-state index is 10.4. The summed E-state index contributed by atoms with van der Waals surface area (Å²) in [4.78, 5) is 10.4. The molecule has 1 N–H and O–H groups in total. The van der Waals surface area contributed by atoms with Crippen LogP contribution < -0.4 is 0 Å². The number of hydrogen-bond donors (Lipinski definition) is 1. The van der Waals surface area contributed by atoms with Crippen LogP contribution in [0.5, 0.6) is 0 Å². The van der Waals surface area contributed by atoms with Crippen molar-refractivity contribution in [3.8, 4) is 35.5 Å². The van der Waals surface area contributed by atoms with Crippen molar-refractivity contribution in [2.45, 2.75) is 148 Å². The summed E-state index contributed by atoms with van der Waals surface area (Å²) in [7, 11) is 0. The second-order valence-electron chi connectivity index (χ2n) is 8.86. The first-order valence-electron chi connectivity index (χ1n) is 13.4. The molecule has 0 rings (SSSR count). The topological polar surface area (TPSA) is 37.3 Å². The molecule has 0 saturated heterocycles. The van der Waals surface area contributed by atoms with Crippen LogP contribution in [0.25, 0.3) is 0 Å². The van der Waals surface area contributed by atoms with E-state index in [2.05, 4.69) is 42.4 Å². The highest BCUT2D eigenvalue weighted by Crippen LogP contribution is 2.13. The second kappa shape index (κ2) is 27.2. The Morgan fingerprint density at radius 3 is 1.22 bits per heavy atom. The maximum Gasteiger partial charge on any atom is 0.303 e. The average Bonchev–Trinajstić information content (AvgIpc) is 2.78. The van der Waals surface area contributed by atoms with Gasteiger partial charge in [-0.2, -0.15) is 0 Å². The van der Waals surface area contributed by atoms with Gasteiger partial charge in [0.25, 0.3) is 0 Å². The van der Waals surface area contributed by atoms with Gasteiger partial charge in [-0.05, 0) is 42.9 Å². The van der Waals surface area contributed by atoms with E-state index in [9.17, 15) is 4.79 Å². The third kappa shape index (κ3) is 28.1. The van der Waals surface area contributed by atoms with E-state index in [-0.39, 0.29) is 0 Å². The van der Waals surface area contributed by atoms with Gasteiger partial charge in [-0.25, -0.2) is 0 Å². The summed E-state index contributed by atoms with van der Waals surface area (Å²) in [5, 5.41) is 8.59. The summed E-state index contributed by atoms with van der Waals surface area (Å²) in [5.74, 6) is 17.2. The highest BCUT2D eigenvalue weighted by Gasteiger charge is 1.97. The molecular formula is C30H48O2. The lowest BCUT2D eigenvalue weighted by Crippen LogP contribution is -1.93. The Morgan fingerprint density at radius 2 is 0.844 bits per heavy atom. The minimum absolute atomic E-state index is 0.326. The van der Waals surface area contributed by atoms with Crippen LogP contribution in [-0.4, -0.2) is 11.1 Å². The van der Waals surface area contributed by atoms with Crippen LogP contribution in [0.3, 0.4) is 0 Å². The fraction of sp³-hybridized carbons (Fsp3) is 0.767. The number of carboxylic acids is 1. The molecule has 0 unspecified atom stereocenters. The zero-order chi connectivity index (χ0) is 23.4. The van der Waals surface area contributed by atoms with Crippen molar-refractivity contribution in [1.82, 2.24) is 0 Å². The van der Waals surface area contributed by atoms with Crippen molar-refractivity contribution < 1.29 is 9.90 Å². The molecule has 0 spiro atoms. The molecule has 0 bridgehead atoms. The summed E-state index contributed by atoms with van der Waals surface area (Å²) in [6.45, 7) is 2.26. The van der Waals surface area contributed by atoms with Gasteiger partial charge in [-0.15, -0.1) is 0 Å². The summed E-state index contributed by atoms with van der Waals surface area (Å²) < 4.78 is 0. The molecule has 0 aliphatic rings. The summed E-state index contributed by atoms with van der Waals surface area (Å²) in [6.07, 6.45) is 26.2. The molecule has 0 saturated carbocycles. The predicted molar refractivity (Wildman–Crippen MR) is 138 cm³/mol. The van der Waals surface area contributed by atoms with E-state index >= 15 is 0 Å². The summed E-state index contributed by atoms with van der Waals surface area (Å²) >= 11 is 0. The fourth-order valence-corrected chi connectivity index (χ4v) is 3.70.